The van der Waals surface area contributed by atoms with E-state index in [2.05, 4.69) is 4.98 Å². The van der Waals surface area contributed by atoms with E-state index in [0.29, 0.717) is 18.7 Å². The van der Waals surface area contributed by atoms with Gasteiger partial charge in [-0.1, -0.05) is 0 Å². The first-order valence-corrected chi connectivity index (χ1v) is 8.79. The van der Waals surface area contributed by atoms with Gasteiger partial charge in [0, 0.05) is 52.2 Å². The lowest BCUT2D eigenvalue weighted by molar-refractivity contribution is 0.0307. The van der Waals surface area contributed by atoms with Gasteiger partial charge in [0.25, 0.3) is 5.91 Å². The summed E-state index contributed by atoms with van der Waals surface area (Å²) >= 11 is 0. The highest BCUT2D eigenvalue weighted by Crippen LogP contribution is 2.20. The van der Waals surface area contributed by atoms with E-state index in [1.807, 2.05) is 30.0 Å². The van der Waals surface area contributed by atoms with Crippen LogP contribution in [0.2, 0.25) is 0 Å². The highest BCUT2D eigenvalue weighted by atomic mass is 16.5. The van der Waals surface area contributed by atoms with Crippen LogP contribution in [-0.4, -0.2) is 68.4 Å². The molecule has 3 rings (SSSR count). The largest absolute Gasteiger partial charge is 0.376 e. The molecule has 2 aliphatic heterocycles. The molecular weight excluding hydrogens is 306 g/mol. The van der Waals surface area contributed by atoms with Crippen LogP contribution in [0.3, 0.4) is 0 Å². The van der Waals surface area contributed by atoms with Gasteiger partial charge in [-0.25, -0.2) is 4.98 Å². The predicted octanol–water partition coefficient (Wildman–Crippen LogP) is 1.95. The molecule has 0 aromatic carbocycles. The van der Waals surface area contributed by atoms with E-state index in [1.165, 1.54) is 0 Å². The molecule has 132 valence electrons. The Labute approximate surface area is 143 Å². The van der Waals surface area contributed by atoms with Crippen LogP contribution in [0.15, 0.2) is 18.3 Å². The summed E-state index contributed by atoms with van der Waals surface area (Å²) in [5, 5.41) is 0. The number of rotatable bonds is 6. The molecule has 1 amide bonds. The average molecular weight is 333 g/mol. The van der Waals surface area contributed by atoms with Gasteiger partial charge in [-0.3, -0.25) is 4.79 Å². The van der Waals surface area contributed by atoms with Crippen LogP contribution >= 0.6 is 0 Å². The fraction of sp³-hybridized carbons (Fsp3) is 0.667. The van der Waals surface area contributed by atoms with Gasteiger partial charge < -0.3 is 19.3 Å². The van der Waals surface area contributed by atoms with Gasteiger partial charge in [-0.2, -0.15) is 0 Å². The number of carbonyl (C=O) groups excluding carboxylic acids is 1. The monoisotopic (exact) mass is 333 g/mol. The normalized spacial score (nSPS) is 23.4. The van der Waals surface area contributed by atoms with Crippen molar-refractivity contribution in [2.45, 2.75) is 37.9 Å². The molecule has 1 aromatic heterocycles. The molecule has 0 aliphatic carbocycles. The lowest BCUT2D eigenvalue weighted by atomic mass is 10.1. The van der Waals surface area contributed by atoms with Crippen LogP contribution in [0, 0.1) is 0 Å². The van der Waals surface area contributed by atoms with Crippen LogP contribution in [0.5, 0.6) is 0 Å². The minimum Gasteiger partial charge on any atom is -0.376 e. The number of hydrogen-bond donors (Lipinski definition) is 0. The predicted molar refractivity (Wildman–Crippen MR) is 92.4 cm³/mol. The maximum absolute atomic E-state index is 13.1. The molecule has 2 saturated heterocycles. The fourth-order valence-electron chi connectivity index (χ4n) is 3.29. The van der Waals surface area contributed by atoms with Crippen LogP contribution in [-0.2, 0) is 9.47 Å². The van der Waals surface area contributed by atoms with Crippen molar-refractivity contribution in [3.05, 3.63) is 23.9 Å². The van der Waals surface area contributed by atoms with Crippen molar-refractivity contribution in [3.8, 4) is 0 Å². The summed E-state index contributed by atoms with van der Waals surface area (Å²) < 4.78 is 11.5. The SMILES string of the molecule is CN(C)c1cc(C(=O)N(CC2CCCO2)CC2CCCO2)ccn1. The molecule has 0 radical (unpaired) electrons. The van der Waals surface area contributed by atoms with Gasteiger partial charge in [0.2, 0.25) is 0 Å². The Morgan fingerprint density at radius 3 is 2.29 bits per heavy atom. The van der Waals surface area contributed by atoms with Gasteiger partial charge >= 0.3 is 0 Å². The zero-order valence-electron chi connectivity index (χ0n) is 14.6. The Kier molecular flexibility index (Phi) is 5.68. The Bertz CT molecular complexity index is 534. The maximum Gasteiger partial charge on any atom is 0.254 e. The molecular formula is C18H27N3O3. The van der Waals surface area contributed by atoms with Gasteiger partial charge in [0.15, 0.2) is 0 Å². The Morgan fingerprint density at radius 2 is 1.79 bits per heavy atom. The first-order chi connectivity index (χ1) is 11.6. The molecule has 0 saturated carbocycles. The number of ether oxygens (including phenoxy) is 2. The van der Waals surface area contributed by atoms with Crippen molar-refractivity contribution >= 4 is 11.7 Å². The first-order valence-electron chi connectivity index (χ1n) is 8.79. The second-order valence-electron chi connectivity index (χ2n) is 6.78. The number of hydrogen-bond acceptors (Lipinski definition) is 5. The van der Waals surface area contributed by atoms with E-state index < -0.39 is 0 Å². The molecule has 6 nitrogen and oxygen atoms in total. The molecule has 2 aliphatic rings. The van der Waals surface area contributed by atoms with Crippen molar-refractivity contribution in [1.82, 2.24) is 9.88 Å². The minimum absolute atomic E-state index is 0.0338. The van der Waals surface area contributed by atoms with Gasteiger partial charge in [0.05, 0.1) is 12.2 Å². The van der Waals surface area contributed by atoms with E-state index in [9.17, 15) is 4.79 Å². The zero-order chi connectivity index (χ0) is 16.9. The number of pyridine rings is 1. The second kappa shape index (κ2) is 7.94. The van der Waals surface area contributed by atoms with E-state index in [-0.39, 0.29) is 18.1 Å². The van der Waals surface area contributed by atoms with Crippen LogP contribution in [0.25, 0.3) is 0 Å². The molecule has 3 heterocycles. The molecule has 2 unspecified atom stereocenters. The number of amides is 1. The summed E-state index contributed by atoms with van der Waals surface area (Å²) in [6.07, 6.45) is 6.18. The molecule has 0 spiro atoms. The zero-order valence-corrected chi connectivity index (χ0v) is 14.6. The van der Waals surface area contributed by atoms with Crippen LogP contribution in [0.1, 0.15) is 36.0 Å². The number of anilines is 1. The van der Waals surface area contributed by atoms with Crippen molar-refractivity contribution < 1.29 is 14.3 Å². The third-order valence-corrected chi connectivity index (χ3v) is 4.63. The Hall–Kier alpha value is -1.66. The van der Waals surface area contributed by atoms with Crippen molar-refractivity contribution in [1.29, 1.82) is 0 Å². The lowest BCUT2D eigenvalue weighted by Gasteiger charge is -2.28. The van der Waals surface area contributed by atoms with E-state index in [4.69, 9.17) is 9.47 Å². The first kappa shape index (κ1) is 17.2. The number of carbonyl (C=O) groups is 1. The summed E-state index contributed by atoms with van der Waals surface area (Å²) in [7, 11) is 3.85. The number of aromatic nitrogens is 1. The van der Waals surface area contributed by atoms with Crippen molar-refractivity contribution in [2.24, 2.45) is 0 Å². The summed E-state index contributed by atoms with van der Waals surface area (Å²) in [5.74, 6) is 0.821. The van der Waals surface area contributed by atoms with Crippen molar-refractivity contribution in [3.63, 3.8) is 0 Å². The summed E-state index contributed by atoms with van der Waals surface area (Å²) in [5.41, 5.74) is 0.671. The second-order valence-corrected chi connectivity index (χ2v) is 6.78. The standard InChI is InChI=1S/C18H27N3O3/c1-20(2)17-11-14(7-8-19-17)18(22)21(12-15-5-3-9-23-15)13-16-6-4-10-24-16/h7-8,11,15-16H,3-6,9-10,12-13H2,1-2H3. The van der Waals surface area contributed by atoms with Gasteiger partial charge in [-0.15, -0.1) is 0 Å². The highest BCUT2D eigenvalue weighted by Gasteiger charge is 2.27. The van der Waals surface area contributed by atoms with Crippen LogP contribution in [0.4, 0.5) is 5.82 Å². The van der Waals surface area contributed by atoms with Gasteiger partial charge in [-0.05, 0) is 37.8 Å². The molecule has 0 bridgehead atoms. The highest BCUT2D eigenvalue weighted by molar-refractivity contribution is 5.94. The molecule has 0 N–H and O–H groups in total. The summed E-state index contributed by atoms with van der Waals surface area (Å²) in [6, 6.07) is 3.63. The van der Waals surface area contributed by atoms with Gasteiger partial charge in [0.1, 0.15) is 5.82 Å². The molecule has 2 fully saturated rings. The molecule has 6 heteroatoms. The minimum atomic E-state index is 0.0338. The smallest absolute Gasteiger partial charge is 0.254 e. The molecule has 24 heavy (non-hydrogen) atoms. The number of nitrogens with zero attached hydrogens (tertiary/aromatic N) is 3. The topological polar surface area (TPSA) is 54.9 Å². The van der Waals surface area contributed by atoms with E-state index in [1.54, 1.807) is 12.3 Å². The summed E-state index contributed by atoms with van der Waals surface area (Å²) in [6.45, 7) is 2.87. The molecule has 1 aromatic rings. The Morgan fingerprint density at radius 1 is 1.17 bits per heavy atom. The third-order valence-electron chi connectivity index (χ3n) is 4.63. The summed E-state index contributed by atoms with van der Waals surface area (Å²) in [4.78, 5) is 21.2. The van der Waals surface area contributed by atoms with Crippen molar-refractivity contribution in [2.75, 3.05) is 45.3 Å². The van der Waals surface area contributed by atoms with E-state index >= 15 is 0 Å². The lowest BCUT2D eigenvalue weighted by Crippen LogP contribution is -2.42. The molecule has 2 atom stereocenters. The average Bonchev–Trinajstić information content (AvgIpc) is 3.27. The van der Waals surface area contributed by atoms with Crippen LogP contribution < -0.4 is 4.90 Å². The quantitative estimate of drug-likeness (QED) is 0.796. The Balaban J connectivity index is 1.74. The fourth-order valence-corrected chi connectivity index (χ4v) is 3.29. The third kappa shape index (κ3) is 4.24. The maximum atomic E-state index is 13.1. The van der Waals surface area contributed by atoms with E-state index in [0.717, 1.165) is 44.7 Å².